The Morgan fingerprint density at radius 2 is 1.72 bits per heavy atom. The molecule has 0 aliphatic rings. The Labute approximate surface area is 106 Å². The molecule has 0 aliphatic heterocycles. The van der Waals surface area contributed by atoms with Crippen LogP contribution in [0.15, 0.2) is 59.6 Å². The van der Waals surface area contributed by atoms with Crippen molar-refractivity contribution in [1.29, 1.82) is 0 Å². The largest absolute Gasteiger partial charge is 0.496 e. The van der Waals surface area contributed by atoms with Gasteiger partial charge in [-0.2, -0.15) is 0 Å². The first-order valence-corrected chi connectivity index (χ1v) is 5.59. The fraction of sp³-hybridized carbons (Fsp3) is 0.0714. The van der Waals surface area contributed by atoms with Crippen LogP contribution in [0.4, 0.5) is 5.69 Å². The molecule has 0 aromatic heterocycles. The van der Waals surface area contributed by atoms with Crippen molar-refractivity contribution in [1.82, 2.24) is 5.43 Å². The summed E-state index contributed by atoms with van der Waals surface area (Å²) in [7, 11) is 1.62. The minimum Gasteiger partial charge on any atom is -0.496 e. The van der Waals surface area contributed by atoms with E-state index in [9.17, 15) is 0 Å². The van der Waals surface area contributed by atoms with Crippen LogP contribution in [0.1, 0.15) is 5.56 Å². The average Bonchev–Trinajstić information content (AvgIpc) is 2.46. The maximum Gasteiger partial charge on any atom is 0.151 e. The van der Waals surface area contributed by atoms with Crippen molar-refractivity contribution in [3.05, 3.63) is 60.2 Å². The van der Waals surface area contributed by atoms with E-state index in [1.807, 2.05) is 54.6 Å². The molecule has 0 atom stereocenters. The highest BCUT2D eigenvalue weighted by Gasteiger charge is 2.08. The maximum atomic E-state index is 5.54. The van der Waals surface area contributed by atoms with E-state index >= 15 is 0 Å². The Hall–Kier alpha value is -2.33. The summed E-state index contributed by atoms with van der Waals surface area (Å²) in [6, 6.07) is 17.2. The van der Waals surface area contributed by atoms with E-state index in [2.05, 4.69) is 10.4 Å². The number of rotatable bonds is 3. The summed E-state index contributed by atoms with van der Waals surface area (Å²) in [4.78, 5) is 4.46. The number of methoxy groups -OCH3 is 1. The van der Waals surface area contributed by atoms with Gasteiger partial charge in [0.2, 0.25) is 0 Å². The Bertz CT molecular complexity index is 538. The van der Waals surface area contributed by atoms with Crippen LogP contribution in [-0.2, 0) is 0 Å². The molecule has 3 N–H and O–H groups in total. The van der Waals surface area contributed by atoms with Crippen LogP contribution in [0, 0.1) is 0 Å². The fourth-order valence-corrected chi connectivity index (χ4v) is 1.64. The molecule has 0 unspecified atom stereocenters. The van der Waals surface area contributed by atoms with Gasteiger partial charge in [0.25, 0.3) is 0 Å². The third-order valence-electron chi connectivity index (χ3n) is 2.50. The van der Waals surface area contributed by atoms with Crippen molar-refractivity contribution >= 4 is 11.5 Å². The summed E-state index contributed by atoms with van der Waals surface area (Å²) in [6.07, 6.45) is 0. The average molecular weight is 241 g/mol. The van der Waals surface area contributed by atoms with Gasteiger partial charge in [0.05, 0.1) is 18.4 Å². The molecule has 0 heterocycles. The number of benzene rings is 2. The highest BCUT2D eigenvalue weighted by molar-refractivity contribution is 6.02. The van der Waals surface area contributed by atoms with Gasteiger partial charge in [0.15, 0.2) is 5.84 Å². The normalized spacial score (nSPS) is 11.1. The molecule has 0 saturated heterocycles. The zero-order chi connectivity index (χ0) is 12.8. The Balaban J connectivity index is 2.42. The molecule has 0 amide bonds. The van der Waals surface area contributed by atoms with Crippen molar-refractivity contribution in [2.45, 2.75) is 0 Å². The molecule has 0 saturated carbocycles. The number of nitrogens with two attached hydrogens (primary N) is 1. The van der Waals surface area contributed by atoms with Gasteiger partial charge in [-0.1, -0.05) is 30.3 Å². The minimum atomic E-state index is 0.568. The Morgan fingerprint density at radius 3 is 2.39 bits per heavy atom. The standard InChI is InChI=1S/C14H15N3O/c1-18-13-10-6-5-9-12(13)14(17-15)16-11-7-3-2-4-8-11/h2-10H,15H2,1H3,(H,16,17). The summed E-state index contributed by atoms with van der Waals surface area (Å²) in [6.45, 7) is 0. The van der Waals surface area contributed by atoms with Crippen LogP contribution in [0.25, 0.3) is 0 Å². The van der Waals surface area contributed by atoms with Gasteiger partial charge in [-0.05, 0) is 24.3 Å². The van der Waals surface area contributed by atoms with Crippen LogP contribution in [-0.4, -0.2) is 12.9 Å². The molecule has 4 heteroatoms. The summed E-state index contributed by atoms with van der Waals surface area (Å²) in [5.41, 5.74) is 4.27. The molecule has 0 fully saturated rings. The van der Waals surface area contributed by atoms with Crippen molar-refractivity contribution in [3.63, 3.8) is 0 Å². The van der Waals surface area contributed by atoms with Crippen molar-refractivity contribution < 1.29 is 4.74 Å². The molecule has 0 spiro atoms. The number of para-hydroxylation sites is 2. The Morgan fingerprint density at radius 1 is 1.06 bits per heavy atom. The first-order chi connectivity index (χ1) is 8.85. The number of nitrogens with one attached hydrogen (secondary N) is 1. The van der Waals surface area contributed by atoms with Crippen molar-refractivity contribution in [2.24, 2.45) is 10.8 Å². The number of hydrogen-bond donors (Lipinski definition) is 2. The molecular weight excluding hydrogens is 226 g/mol. The molecule has 0 bridgehead atoms. The lowest BCUT2D eigenvalue weighted by molar-refractivity contribution is 0.413. The van der Waals surface area contributed by atoms with Crippen LogP contribution in [0.2, 0.25) is 0 Å². The smallest absolute Gasteiger partial charge is 0.151 e. The first-order valence-electron chi connectivity index (χ1n) is 5.59. The maximum absolute atomic E-state index is 5.54. The molecule has 92 valence electrons. The second kappa shape index (κ2) is 5.84. The van der Waals surface area contributed by atoms with E-state index in [1.54, 1.807) is 7.11 Å². The van der Waals surface area contributed by atoms with E-state index in [-0.39, 0.29) is 0 Å². The fourth-order valence-electron chi connectivity index (χ4n) is 1.64. The first kappa shape index (κ1) is 12.1. The van der Waals surface area contributed by atoms with Crippen LogP contribution in [0.3, 0.4) is 0 Å². The van der Waals surface area contributed by atoms with E-state index in [0.717, 1.165) is 17.0 Å². The van der Waals surface area contributed by atoms with Gasteiger partial charge in [0, 0.05) is 0 Å². The second-order valence-electron chi connectivity index (χ2n) is 3.64. The monoisotopic (exact) mass is 241 g/mol. The Kier molecular flexibility index (Phi) is 3.94. The van der Waals surface area contributed by atoms with Gasteiger partial charge >= 0.3 is 0 Å². The number of hydrazine groups is 1. The summed E-state index contributed by atoms with van der Waals surface area (Å²) in [5, 5.41) is 0. The summed E-state index contributed by atoms with van der Waals surface area (Å²) in [5.74, 6) is 6.84. The predicted octanol–water partition coefficient (Wildman–Crippen LogP) is 2.24. The van der Waals surface area contributed by atoms with E-state index in [4.69, 9.17) is 10.6 Å². The lowest BCUT2D eigenvalue weighted by atomic mass is 10.2. The van der Waals surface area contributed by atoms with Gasteiger partial charge in [-0.3, -0.25) is 0 Å². The second-order valence-corrected chi connectivity index (χ2v) is 3.64. The number of hydrogen-bond acceptors (Lipinski definition) is 3. The lowest BCUT2D eigenvalue weighted by Crippen LogP contribution is -2.31. The number of ether oxygens (including phenoxy) is 1. The molecule has 0 radical (unpaired) electrons. The molecule has 18 heavy (non-hydrogen) atoms. The third kappa shape index (κ3) is 2.67. The molecular formula is C14H15N3O. The van der Waals surface area contributed by atoms with E-state index < -0.39 is 0 Å². The van der Waals surface area contributed by atoms with Crippen LogP contribution in [0.5, 0.6) is 5.75 Å². The molecule has 2 aromatic carbocycles. The minimum absolute atomic E-state index is 0.568. The number of nitrogens with zero attached hydrogens (tertiary/aromatic N) is 1. The highest BCUT2D eigenvalue weighted by atomic mass is 16.5. The van der Waals surface area contributed by atoms with Gasteiger partial charge < -0.3 is 10.2 Å². The van der Waals surface area contributed by atoms with Crippen molar-refractivity contribution in [3.8, 4) is 5.75 Å². The van der Waals surface area contributed by atoms with Crippen molar-refractivity contribution in [2.75, 3.05) is 7.11 Å². The van der Waals surface area contributed by atoms with Gasteiger partial charge in [0.1, 0.15) is 5.75 Å². The number of aliphatic imine (C=N–C) groups is 1. The summed E-state index contributed by atoms with van der Waals surface area (Å²) < 4.78 is 5.29. The molecule has 0 aliphatic carbocycles. The van der Waals surface area contributed by atoms with Crippen LogP contribution >= 0.6 is 0 Å². The van der Waals surface area contributed by atoms with Gasteiger partial charge in [-0.15, -0.1) is 0 Å². The highest BCUT2D eigenvalue weighted by Crippen LogP contribution is 2.19. The molecule has 2 aromatic rings. The third-order valence-corrected chi connectivity index (χ3v) is 2.50. The zero-order valence-corrected chi connectivity index (χ0v) is 10.1. The van der Waals surface area contributed by atoms with Gasteiger partial charge in [-0.25, -0.2) is 10.8 Å². The quantitative estimate of drug-likeness (QED) is 0.375. The predicted molar refractivity (Wildman–Crippen MR) is 73.0 cm³/mol. The topological polar surface area (TPSA) is 59.6 Å². The lowest BCUT2D eigenvalue weighted by Gasteiger charge is -2.10. The van der Waals surface area contributed by atoms with E-state index in [0.29, 0.717) is 5.84 Å². The molecule has 2 rings (SSSR count). The molecule has 4 nitrogen and oxygen atoms in total. The zero-order valence-electron chi connectivity index (χ0n) is 10.1. The number of amidine groups is 1. The van der Waals surface area contributed by atoms with Crippen LogP contribution < -0.4 is 16.0 Å². The van der Waals surface area contributed by atoms with E-state index in [1.165, 1.54) is 0 Å². The summed E-state index contributed by atoms with van der Waals surface area (Å²) >= 11 is 0. The SMILES string of the molecule is COc1ccccc1C(=Nc1ccccc1)NN.